The number of imide groups is 1. The summed E-state index contributed by atoms with van der Waals surface area (Å²) in [6, 6.07) is 5.71. The highest BCUT2D eigenvalue weighted by Crippen LogP contribution is 2.40. The molecule has 2 atom stereocenters. The Morgan fingerprint density at radius 1 is 1.39 bits per heavy atom. The molecule has 0 N–H and O–H groups in total. The predicted octanol–water partition coefficient (Wildman–Crippen LogP) is 1.54. The number of nitrogens with zero attached hydrogens (tertiary/aromatic N) is 3. The second-order valence-electron chi connectivity index (χ2n) is 4.55. The Balaban J connectivity index is 2.11. The molecule has 0 aliphatic carbocycles. The third-order valence-electron chi connectivity index (χ3n) is 3.47. The molecule has 6 heteroatoms. The Bertz CT molecular complexity index is 586. The van der Waals surface area contributed by atoms with Gasteiger partial charge in [0.05, 0.1) is 18.2 Å². The van der Waals surface area contributed by atoms with Gasteiger partial charge in [-0.1, -0.05) is 12.1 Å². The van der Waals surface area contributed by atoms with Gasteiger partial charge in [-0.3, -0.25) is 9.59 Å². The molecule has 0 bridgehead atoms. The Morgan fingerprint density at radius 3 is 2.78 bits per heavy atom. The first-order chi connectivity index (χ1) is 8.55. The van der Waals surface area contributed by atoms with Crippen molar-refractivity contribution in [2.45, 2.75) is 12.5 Å². The summed E-state index contributed by atoms with van der Waals surface area (Å²) < 4.78 is 13.7. The van der Waals surface area contributed by atoms with E-state index in [1.165, 1.54) is 18.2 Å². The minimum Gasteiger partial charge on any atom is -0.274 e. The highest BCUT2D eigenvalue weighted by Gasteiger charge is 2.60. The zero-order chi connectivity index (χ0) is 12.9. The number of rotatable bonds is 1. The van der Waals surface area contributed by atoms with Gasteiger partial charge in [0.2, 0.25) is 5.91 Å². The van der Waals surface area contributed by atoms with Gasteiger partial charge in [-0.15, -0.1) is 0 Å². The summed E-state index contributed by atoms with van der Waals surface area (Å²) in [5.41, 5.74) is -1.18. The van der Waals surface area contributed by atoms with E-state index < -0.39 is 29.1 Å². The number of amides is 2. The number of fused-ring (bicyclic) bond motifs is 1. The summed E-state index contributed by atoms with van der Waals surface area (Å²) in [4.78, 5) is 25.3. The van der Waals surface area contributed by atoms with Crippen molar-refractivity contribution >= 4 is 17.5 Å². The molecule has 3 rings (SSSR count). The van der Waals surface area contributed by atoms with E-state index in [9.17, 15) is 14.0 Å². The van der Waals surface area contributed by atoms with Crippen molar-refractivity contribution in [3.05, 3.63) is 30.1 Å². The van der Waals surface area contributed by atoms with Gasteiger partial charge in [0.15, 0.2) is 5.54 Å². The van der Waals surface area contributed by atoms with E-state index in [-0.39, 0.29) is 12.2 Å². The van der Waals surface area contributed by atoms with Crippen LogP contribution in [-0.2, 0) is 9.59 Å². The van der Waals surface area contributed by atoms with Crippen molar-refractivity contribution in [3.8, 4) is 0 Å². The first kappa shape index (κ1) is 11.0. The average Bonchev–Trinajstić information content (AvgIpc) is 2.81. The minimum atomic E-state index is -1.17. The SMILES string of the molecule is C[C@]12N=NC[C@@H]1C(=O)N(c1ccccc1F)C2=O. The number of hydrogen-bond acceptors (Lipinski definition) is 4. The van der Waals surface area contributed by atoms with Crippen molar-refractivity contribution in [1.29, 1.82) is 0 Å². The van der Waals surface area contributed by atoms with Gasteiger partial charge < -0.3 is 0 Å². The quantitative estimate of drug-likeness (QED) is 0.706. The molecular formula is C12H10FN3O2. The summed E-state index contributed by atoms with van der Waals surface area (Å²) in [5, 5.41) is 7.61. The molecule has 1 aromatic carbocycles. The monoisotopic (exact) mass is 247 g/mol. The predicted molar refractivity (Wildman–Crippen MR) is 60.5 cm³/mol. The van der Waals surface area contributed by atoms with Crippen LogP contribution < -0.4 is 4.90 Å². The normalized spacial score (nSPS) is 30.1. The summed E-state index contributed by atoms with van der Waals surface area (Å²) >= 11 is 0. The van der Waals surface area contributed by atoms with E-state index in [1.54, 1.807) is 13.0 Å². The Hall–Kier alpha value is -2.11. The maximum absolute atomic E-state index is 13.7. The second kappa shape index (κ2) is 3.44. The van der Waals surface area contributed by atoms with E-state index in [0.29, 0.717) is 0 Å². The maximum Gasteiger partial charge on any atom is 0.264 e. The van der Waals surface area contributed by atoms with E-state index >= 15 is 0 Å². The second-order valence-corrected chi connectivity index (χ2v) is 4.55. The molecule has 1 fully saturated rings. The largest absolute Gasteiger partial charge is 0.274 e. The number of hydrogen-bond donors (Lipinski definition) is 0. The molecule has 5 nitrogen and oxygen atoms in total. The van der Waals surface area contributed by atoms with Crippen molar-refractivity contribution in [2.75, 3.05) is 11.4 Å². The molecule has 0 saturated carbocycles. The molecule has 18 heavy (non-hydrogen) atoms. The van der Waals surface area contributed by atoms with Crippen LogP contribution in [0.25, 0.3) is 0 Å². The Morgan fingerprint density at radius 2 is 2.11 bits per heavy atom. The van der Waals surface area contributed by atoms with E-state index in [2.05, 4.69) is 10.2 Å². The maximum atomic E-state index is 13.7. The number of halogens is 1. The van der Waals surface area contributed by atoms with Gasteiger partial charge in [-0.05, 0) is 19.1 Å². The fourth-order valence-corrected chi connectivity index (χ4v) is 2.37. The van der Waals surface area contributed by atoms with Crippen LogP contribution in [0.2, 0.25) is 0 Å². The Kier molecular flexibility index (Phi) is 2.10. The third kappa shape index (κ3) is 1.20. The Labute approximate surface area is 102 Å². The molecule has 0 spiro atoms. The van der Waals surface area contributed by atoms with Gasteiger partial charge in [-0.25, -0.2) is 9.29 Å². The number of benzene rings is 1. The lowest BCUT2D eigenvalue weighted by Gasteiger charge is -2.17. The highest BCUT2D eigenvalue weighted by molar-refractivity contribution is 6.25. The molecule has 2 aliphatic rings. The minimum absolute atomic E-state index is 0.0154. The molecule has 0 radical (unpaired) electrons. The first-order valence-corrected chi connectivity index (χ1v) is 5.57. The lowest BCUT2D eigenvalue weighted by Crippen LogP contribution is -2.37. The van der Waals surface area contributed by atoms with Crippen LogP contribution in [-0.4, -0.2) is 23.9 Å². The number of anilines is 1. The molecular weight excluding hydrogens is 237 g/mol. The smallest absolute Gasteiger partial charge is 0.264 e. The molecule has 0 unspecified atom stereocenters. The molecule has 0 aromatic heterocycles. The van der Waals surface area contributed by atoms with Crippen molar-refractivity contribution in [1.82, 2.24) is 0 Å². The molecule has 1 aromatic rings. The summed E-state index contributed by atoms with van der Waals surface area (Å²) in [6.45, 7) is 1.75. The fraction of sp³-hybridized carbons (Fsp3) is 0.333. The number of carbonyl (C=O) groups is 2. The van der Waals surface area contributed by atoms with Crippen LogP contribution in [0.3, 0.4) is 0 Å². The third-order valence-corrected chi connectivity index (χ3v) is 3.47. The van der Waals surface area contributed by atoms with Crippen molar-refractivity contribution < 1.29 is 14.0 Å². The number of carbonyl (C=O) groups excluding carboxylic acids is 2. The molecule has 2 amide bonds. The van der Waals surface area contributed by atoms with Gasteiger partial charge in [0, 0.05) is 0 Å². The van der Waals surface area contributed by atoms with Gasteiger partial charge in [0.25, 0.3) is 5.91 Å². The van der Waals surface area contributed by atoms with Crippen LogP contribution in [0.1, 0.15) is 6.92 Å². The van der Waals surface area contributed by atoms with Crippen molar-refractivity contribution in [2.24, 2.45) is 16.1 Å². The summed E-state index contributed by atoms with van der Waals surface area (Å²) in [6.07, 6.45) is 0. The van der Waals surface area contributed by atoms with Gasteiger partial charge in [0.1, 0.15) is 5.82 Å². The average molecular weight is 247 g/mol. The number of azo groups is 1. The van der Waals surface area contributed by atoms with Gasteiger partial charge in [-0.2, -0.15) is 10.2 Å². The topological polar surface area (TPSA) is 62.1 Å². The van der Waals surface area contributed by atoms with Crippen LogP contribution in [0, 0.1) is 11.7 Å². The highest BCUT2D eigenvalue weighted by atomic mass is 19.1. The first-order valence-electron chi connectivity index (χ1n) is 5.57. The van der Waals surface area contributed by atoms with E-state index in [0.717, 1.165) is 4.90 Å². The lowest BCUT2D eigenvalue weighted by molar-refractivity contribution is -0.122. The van der Waals surface area contributed by atoms with E-state index in [4.69, 9.17) is 0 Å². The standard InChI is InChI=1S/C12H10FN3O2/c1-12-7(6-14-15-12)10(17)16(11(12)18)9-5-3-2-4-8(9)13/h2-5,7H,6H2,1H3/t7-,12+/m1/s1. The molecule has 2 heterocycles. The zero-order valence-electron chi connectivity index (χ0n) is 9.63. The molecule has 2 aliphatic heterocycles. The summed E-state index contributed by atoms with van der Waals surface area (Å²) in [5.74, 6) is -2.15. The lowest BCUT2D eigenvalue weighted by atomic mass is 9.90. The fourth-order valence-electron chi connectivity index (χ4n) is 2.37. The number of para-hydroxylation sites is 1. The zero-order valence-corrected chi connectivity index (χ0v) is 9.63. The van der Waals surface area contributed by atoms with Gasteiger partial charge >= 0.3 is 0 Å². The van der Waals surface area contributed by atoms with E-state index in [1.807, 2.05) is 0 Å². The van der Waals surface area contributed by atoms with Crippen LogP contribution in [0.15, 0.2) is 34.5 Å². The van der Waals surface area contributed by atoms with Crippen molar-refractivity contribution in [3.63, 3.8) is 0 Å². The molecule has 92 valence electrons. The van der Waals surface area contributed by atoms with Crippen LogP contribution in [0.4, 0.5) is 10.1 Å². The van der Waals surface area contributed by atoms with Crippen LogP contribution in [0.5, 0.6) is 0 Å². The molecule has 1 saturated heterocycles. The van der Waals surface area contributed by atoms with Crippen LogP contribution >= 0.6 is 0 Å². The summed E-state index contributed by atoms with van der Waals surface area (Å²) in [7, 11) is 0.